The van der Waals surface area contributed by atoms with E-state index in [1.54, 1.807) is 6.20 Å². The lowest BCUT2D eigenvalue weighted by Crippen LogP contribution is -2.04. The molecule has 0 saturated heterocycles. The van der Waals surface area contributed by atoms with Crippen molar-refractivity contribution >= 4 is 81.7 Å². The summed E-state index contributed by atoms with van der Waals surface area (Å²) in [5.41, 5.74) is 9.40. The standard InChI is InChI=1S/C42H22N6/c43-23-24-15-17-25(18-16-24)39-40-32(12-7-19-44-40)45-42(46-39)48-35-21-27-9-2-1-8-26(27)20-31(35)37-36(48)22-30-28-10-3-5-13-33(28)47-34-14-6-4-11-29(34)38(37)41(30)47/h1-22H. The molecule has 0 aliphatic rings. The van der Waals surface area contributed by atoms with Gasteiger partial charge in [0.05, 0.1) is 44.7 Å². The number of nitriles is 1. The van der Waals surface area contributed by atoms with Crippen LogP contribution in [-0.4, -0.2) is 23.9 Å². The van der Waals surface area contributed by atoms with Gasteiger partial charge in [-0.05, 0) is 65.4 Å². The summed E-state index contributed by atoms with van der Waals surface area (Å²) in [7, 11) is 0. The van der Waals surface area contributed by atoms with Gasteiger partial charge >= 0.3 is 0 Å². The normalized spacial score (nSPS) is 12.1. The number of para-hydroxylation sites is 2. The number of fused-ring (bicyclic) bond motifs is 12. The smallest absolute Gasteiger partial charge is 0.235 e. The predicted octanol–water partition coefficient (Wildman–Crippen LogP) is 9.96. The summed E-state index contributed by atoms with van der Waals surface area (Å²) in [6, 6.07) is 46.5. The lowest BCUT2D eigenvalue weighted by atomic mass is 10.0. The van der Waals surface area contributed by atoms with Crippen molar-refractivity contribution in [1.82, 2.24) is 23.9 Å². The van der Waals surface area contributed by atoms with Crippen molar-refractivity contribution in [3.63, 3.8) is 0 Å². The number of nitrogens with zero attached hydrogens (tertiary/aromatic N) is 6. The van der Waals surface area contributed by atoms with Crippen molar-refractivity contribution in [2.75, 3.05) is 0 Å². The van der Waals surface area contributed by atoms with Gasteiger partial charge < -0.3 is 4.40 Å². The Kier molecular flexibility index (Phi) is 4.82. The molecule has 0 aliphatic heterocycles. The third kappa shape index (κ3) is 3.22. The molecule has 6 nitrogen and oxygen atoms in total. The highest BCUT2D eigenvalue weighted by Gasteiger charge is 2.25. The Labute approximate surface area is 272 Å². The number of hydrogen-bond donors (Lipinski definition) is 0. The van der Waals surface area contributed by atoms with Crippen LogP contribution >= 0.6 is 0 Å². The molecule has 0 unspecified atom stereocenters. The summed E-state index contributed by atoms with van der Waals surface area (Å²) in [6.07, 6.45) is 1.77. The Balaban J connectivity index is 1.38. The topological polar surface area (TPSA) is 71.8 Å². The summed E-state index contributed by atoms with van der Waals surface area (Å²) in [4.78, 5) is 15.2. The second kappa shape index (κ2) is 9.12. The average molecular weight is 611 g/mol. The van der Waals surface area contributed by atoms with Gasteiger partial charge in [-0.3, -0.25) is 9.55 Å². The highest BCUT2D eigenvalue weighted by atomic mass is 15.2. The molecule has 0 amide bonds. The average Bonchev–Trinajstić information content (AvgIpc) is 3.77. The van der Waals surface area contributed by atoms with Gasteiger partial charge in [0.2, 0.25) is 5.95 Å². The van der Waals surface area contributed by atoms with Crippen LogP contribution in [0.4, 0.5) is 0 Å². The van der Waals surface area contributed by atoms with E-state index >= 15 is 0 Å². The van der Waals surface area contributed by atoms with Gasteiger partial charge in [-0.1, -0.05) is 72.8 Å². The number of rotatable bonds is 2. The number of aromatic nitrogens is 5. The predicted molar refractivity (Wildman–Crippen MR) is 194 cm³/mol. The van der Waals surface area contributed by atoms with Crippen LogP contribution in [0.15, 0.2) is 134 Å². The molecule has 0 fully saturated rings. The Hall–Kier alpha value is -6.84. The fourth-order valence-corrected chi connectivity index (χ4v) is 7.87. The van der Waals surface area contributed by atoms with Crippen molar-refractivity contribution in [1.29, 1.82) is 5.26 Å². The lowest BCUT2D eigenvalue weighted by Gasteiger charge is -2.11. The second-order valence-corrected chi connectivity index (χ2v) is 12.4. The van der Waals surface area contributed by atoms with Crippen molar-refractivity contribution in [3.05, 3.63) is 139 Å². The van der Waals surface area contributed by atoms with E-state index in [4.69, 9.17) is 15.0 Å². The fraction of sp³-hybridized carbons (Fsp3) is 0. The quantitative estimate of drug-likeness (QED) is 0.195. The Morgan fingerprint density at radius 1 is 0.562 bits per heavy atom. The molecule has 11 rings (SSSR count). The van der Waals surface area contributed by atoms with Gasteiger partial charge in [0.1, 0.15) is 11.2 Å². The summed E-state index contributed by atoms with van der Waals surface area (Å²) in [5, 5.41) is 19.0. The zero-order valence-corrected chi connectivity index (χ0v) is 25.4. The minimum absolute atomic E-state index is 0.576. The van der Waals surface area contributed by atoms with Crippen LogP contribution in [0.3, 0.4) is 0 Å². The van der Waals surface area contributed by atoms with Crippen LogP contribution < -0.4 is 0 Å². The Bertz CT molecular complexity index is 3180. The molecule has 0 saturated carbocycles. The van der Waals surface area contributed by atoms with E-state index in [1.807, 2.05) is 36.4 Å². The highest BCUT2D eigenvalue weighted by Crippen LogP contribution is 2.47. The molecule has 11 aromatic rings. The minimum Gasteiger partial charge on any atom is -0.308 e. The van der Waals surface area contributed by atoms with Gasteiger partial charge in [0.15, 0.2) is 0 Å². The van der Waals surface area contributed by atoms with Gasteiger partial charge in [-0.25, -0.2) is 9.97 Å². The van der Waals surface area contributed by atoms with Crippen LogP contribution in [0.25, 0.3) is 98.9 Å². The van der Waals surface area contributed by atoms with E-state index in [0.29, 0.717) is 11.5 Å². The molecule has 0 atom stereocenters. The summed E-state index contributed by atoms with van der Waals surface area (Å²) >= 11 is 0. The first-order valence-corrected chi connectivity index (χ1v) is 15.9. The molecule has 5 heterocycles. The number of pyridine rings is 1. The molecule has 0 N–H and O–H groups in total. The van der Waals surface area contributed by atoms with Gasteiger partial charge in [-0.2, -0.15) is 5.26 Å². The molecule has 0 bridgehead atoms. The molecular formula is C42H22N6. The van der Waals surface area contributed by atoms with Crippen molar-refractivity contribution < 1.29 is 0 Å². The molecule has 5 aromatic heterocycles. The molecule has 0 aliphatic carbocycles. The second-order valence-electron chi connectivity index (χ2n) is 12.4. The monoisotopic (exact) mass is 610 g/mol. The largest absolute Gasteiger partial charge is 0.308 e. The van der Waals surface area contributed by atoms with Crippen LogP contribution in [-0.2, 0) is 0 Å². The summed E-state index contributed by atoms with van der Waals surface area (Å²) in [6.45, 7) is 0. The Morgan fingerprint density at radius 3 is 2.10 bits per heavy atom. The van der Waals surface area contributed by atoms with E-state index in [2.05, 4.69) is 106 Å². The van der Waals surface area contributed by atoms with E-state index < -0.39 is 0 Å². The first-order valence-electron chi connectivity index (χ1n) is 15.9. The summed E-state index contributed by atoms with van der Waals surface area (Å²) < 4.78 is 4.67. The van der Waals surface area contributed by atoms with Crippen molar-refractivity contribution in [2.45, 2.75) is 0 Å². The summed E-state index contributed by atoms with van der Waals surface area (Å²) in [5.74, 6) is 0.576. The molecule has 6 aromatic carbocycles. The zero-order chi connectivity index (χ0) is 31.5. The number of hydrogen-bond acceptors (Lipinski definition) is 4. The SMILES string of the molecule is N#Cc1ccc(-c2nc(-n3c4cc5ccccc5cc4c4c5c6ccccc6n6c7ccccc7c(cc43)c56)nc3cccnc23)cc1. The van der Waals surface area contributed by atoms with Gasteiger partial charge in [0, 0.05) is 44.1 Å². The van der Waals surface area contributed by atoms with E-state index in [0.717, 1.165) is 44.1 Å². The molecule has 220 valence electrons. The van der Waals surface area contributed by atoms with Gasteiger partial charge in [-0.15, -0.1) is 0 Å². The first kappa shape index (κ1) is 25.4. The molecule has 6 heteroatoms. The van der Waals surface area contributed by atoms with E-state index in [9.17, 15) is 5.26 Å². The maximum absolute atomic E-state index is 9.46. The lowest BCUT2D eigenvalue weighted by molar-refractivity contribution is 1.01. The van der Waals surface area contributed by atoms with Crippen molar-refractivity contribution in [2.24, 2.45) is 0 Å². The van der Waals surface area contributed by atoms with Crippen LogP contribution in [0.1, 0.15) is 5.56 Å². The molecule has 0 spiro atoms. The maximum Gasteiger partial charge on any atom is 0.235 e. The maximum atomic E-state index is 9.46. The van der Waals surface area contributed by atoms with Crippen molar-refractivity contribution in [3.8, 4) is 23.3 Å². The number of benzene rings is 6. The molecular weight excluding hydrogens is 589 g/mol. The Morgan fingerprint density at radius 2 is 1.29 bits per heavy atom. The van der Waals surface area contributed by atoms with Crippen LogP contribution in [0.2, 0.25) is 0 Å². The van der Waals surface area contributed by atoms with Crippen LogP contribution in [0, 0.1) is 11.3 Å². The highest BCUT2D eigenvalue weighted by molar-refractivity contribution is 6.36. The van der Waals surface area contributed by atoms with Crippen LogP contribution in [0.5, 0.6) is 0 Å². The first-order chi connectivity index (χ1) is 23.8. The van der Waals surface area contributed by atoms with Gasteiger partial charge in [0.25, 0.3) is 0 Å². The van der Waals surface area contributed by atoms with E-state index in [1.165, 1.54) is 48.9 Å². The minimum atomic E-state index is 0.576. The molecule has 0 radical (unpaired) electrons. The third-order valence-electron chi connectivity index (χ3n) is 9.90. The van der Waals surface area contributed by atoms with E-state index in [-0.39, 0.29) is 0 Å². The zero-order valence-electron chi connectivity index (χ0n) is 25.4. The fourth-order valence-electron chi connectivity index (χ4n) is 7.87. The third-order valence-corrected chi connectivity index (χ3v) is 9.90. The molecule has 48 heavy (non-hydrogen) atoms.